The monoisotopic (exact) mass is 518 g/mol. The number of Topliss-reactive ketones (excluding diaryl/α,β-unsaturated/α-hetero) is 1. The minimum Gasteiger partial charge on any atom is -0.444 e. The normalized spacial score (nSPS) is 16.7. The van der Waals surface area contributed by atoms with E-state index < -0.39 is 5.60 Å². The van der Waals surface area contributed by atoms with Crippen LogP contribution in [-0.4, -0.2) is 57.7 Å². The van der Waals surface area contributed by atoms with Crippen LogP contribution in [0.2, 0.25) is 0 Å². The van der Waals surface area contributed by atoms with Gasteiger partial charge in [-0.15, -0.1) is 0 Å². The number of ketones is 1. The molecule has 2 atom stereocenters. The molecule has 1 aromatic carbocycles. The number of halogens is 1. The molecular formula is C24H31BrN4O4. The second kappa shape index (κ2) is 10.5. The number of rotatable bonds is 8. The molecule has 0 radical (unpaired) electrons. The number of amides is 1. The number of hydrogen-bond donors (Lipinski definition) is 1. The predicted molar refractivity (Wildman–Crippen MR) is 131 cm³/mol. The quantitative estimate of drug-likeness (QED) is 0.390. The molecule has 8 nitrogen and oxygen atoms in total. The van der Waals surface area contributed by atoms with Crippen molar-refractivity contribution in [1.29, 1.82) is 0 Å². The summed E-state index contributed by atoms with van der Waals surface area (Å²) < 4.78 is 11.6. The summed E-state index contributed by atoms with van der Waals surface area (Å²) in [4.78, 5) is 35.4. The van der Waals surface area contributed by atoms with Gasteiger partial charge in [0.15, 0.2) is 11.5 Å². The van der Waals surface area contributed by atoms with E-state index in [0.717, 1.165) is 12.0 Å². The Bertz CT molecular complexity index is 1030. The molecule has 2 aromatic rings. The zero-order valence-corrected chi connectivity index (χ0v) is 21.3. The lowest BCUT2D eigenvalue weighted by Gasteiger charge is -2.31. The highest BCUT2D eigenvalue weighted by molar-refractivity contribution is 9.09. The molecule has 0 saturated carbocycles. The minimum absolute atomic E-state index is 0.00250. The van der Waals surface area contributed by atoms with Gasteiger partial charge in [-0.2, -0.15) is 0 Å². The summed E-state index contributed by atoms with van der Waals surface area (Å²) in [7, 11) is 0. The second-order valence-corrected chi connectivity index (χ2v) is 9.53. The maximum absolute atomic E-state index is 12.7. The van der Waals surface area contributed by atoms with E-state index >= 15 is 0 Å². The van der Waals surface area contributed by atoms with Gasteiger partial charge < -0.3 is 14.5 Å². The molecule has 1 unspecified atom stereocenters. The number of carbonyl (C=O) groups is 2. The van der Waals surface area contributed by atoms with E-state index in [9.17, 15) is 9.59 Å². The number of aliphatic imine (C=N–C) groups is 1. The van der Waals surface area contributed by atoms with E-state index in [0.29, 0.717) is 36.1 Å². The van der Waals surface area contributed by atoms with Crippen LogP contribution in [0.4, 0.5) is 4.79 Å². The molecule has 1 N–H and O–H groups in total. The highest BCUT2D eigenvalue weighted by Gasteiger charge is 2.33. The highest BCUT2D eigenvalue weighted by atomic mass is 79.9. The van der Waals surface area contributed by atoms with Gasteiger partial charge in [-0.3, -0.25) is 14.7 Å². The summed E-state index contributed by atoms with van der Waals surface area (Å²) in [6.07, 6.45) is 2.10. The van der Waals surface area contributed by atoms with Crippen LogP contribution in [0.5, 0.6) is 0 Å². The molecule has 2 heterocycles. The summed E-state index contributed by atoms with van der Waals surface area (Å²) >= 11 is 3.20. The van der Waals surface area contributed by atoms with Crippen LogP contribution in [0.25, 0.3) is 11.3 Å². The van der Waals surface area contributed by atoms with Gasteiger partial charge in [-0.05, 0) is 40.2 Å². The Morgan fingerprint density at radius 3 is 2.79 bits per heavy atom. The van der Waals surface area contributed by atoms with E-state index in [1.807, 2.05) is 46.8 Å². The third kappa shape index (κ3) is 6.22. The molecule has 1 aromatic heterocycles. The predicted octanol–water partition coefficient (Wildman–Crippen LogP) is 5.00. The van der Waals surface area contributed by atoms with Crippen molar-refractivity contribution in [2.24, 2.45) is 4.99 Å². The van der Waals surface area contributed by atoms with Crippen LogP contribution in [0.15, 0.2) is 39.9 Å². The lowest BCUT2D eigenvalue weighted by atomic mass is 10.1. The van der Waals surface area contributed by atoms with Gasteiger partial charge >= 0.3 is 6.09 Å². The van der Waals surface area contributed by atoms with Crippen molar-refractivity contribution in [2.45, 2.75) is 58.7 Å². The fourth-order valence-corrected chi connectivity index (χ4v) is 3.83. The van der Waals surface area contributed by atoms with Gasteiger partial charge in [-0.1, -0.05) is 41.1 Å². The van der Waals surface area contributed by atoms with Gasteiger partial charge in [0.2, 0.25) is 5.89 Å². The Labute approximate surface area is 202 Å². The largest absolute Gasteiger partial charge is 0.444 e. The second-order valence-electron chi connectivity index (χ2n) is 8.97. The number of benzene rings is 1. The van der Waals surface area contributed by atoms with Crippen LogP contribution < -0.4 is 5.32 Å². The first-order chi connectivity index (χ1) is 15.6. The fourth-order valence-electron chi connectivity index (χ4n) is 3.51. The average Bonchev–Trinajstić information content (AvgIpc) is 3.45. The zero-order valence-electron chi connectivity index (χ0n) is 19.7. The molecule has 0 spiro atoms. The Morgan fingerprint density at radius 2 is 2.12 bits per heavy atom. The number of amidine groups is 1. The van der Waals surface area contributed by atoms with Crippen LogP contribution in [0.3, 0.4) is 0 Å². The van der Waals surface area contributed by atoms with Crippen LogP contribution in [0, 0.1) is 0 Å². The summed E-state index contributed by atoms with van der Waals surface area (Å²) in [5, 5.41) is 3.62. The smallest absolute Gasteiger partial charge is 0.410 e. The van der Waals surface area contributed by atoms with Crippen LogP contribution in [0.1, 0.15) is 63.3 Å². The highest BCUT2D eigenvalue weighted by Crippen LogP contribution is 2.26. The van der Waals surface area contributed by atoms with Gasteiger partial charge in [-0.25, -0.2) is 9.78 Å². The van der Waals surface area contributed by atoms with Gasteiger partial charge in [0, 0.05) is 17.7 Å². The van der Waals surface area contributed by atoms with Crippen molar-refractivity contribution in [3.63, 3.8) is 0 Å². The van der Waals surface area contributed by atoms with Gasteiger partial charge in [0.05, 0.1) is 24.1 Å². The van der Waals surface area contributed by atoms with Crippen molar-refractivity contribution in [1.82, 2.24) is 15.2 Å². The summed E-state index contributed by atoms with van der Waals surface area (Å²) in [5.41, 5.74) is 0.826. The van der Waals surface area contributed by atoms with Crippen molar-refractivity contribution in [2.75, 3.05) is 18.4 Å². The number of nitrogens with zero attached hydrogens (tertiary/aromatic N) is 3. The number of oxazole rings is 1. The maximum atomic E-state index is 12.7. The van der Waals surface area contributed by atoms with E-state index in [1.54, 1.807) is 23.2 Å². The number of carbonyl (C=O) groups excluding carboxylic acids is 2. The Kier molecular flexibility index (Phi) is 7.94. The van der Waals surface area contributed by atoms with Crippen molar-refractivity contribution in [3.05, 3.63) is 41.9 Å². The molecule has 0 aliphatic carbocycles. The van der Waals surface area contributed by atoms with E-state index in [2.05, 4.69) is 31.2 Å². The van der Waals surface area contributed by atoms with Gasteiger partial charge in [0.1, 0.15) is 17.5 Å². The standard InChI is InChI=1S/C24H31BrN4O4/c1-6-10-29(23(31)33-24(3,4)5)15(2)21-26-13-18(28-21)22-27-14-20(32-22)17-9-7-8-16(11-17)19(30)12-25/h7-9,11,14-15,18H,6,10,12-13H2,1-5H3,(H,26,28)/t15-,18?/m0/s1. The first-order valence-electron chi connectivity index (χ1n) is 11.1. The van der Waals surface area contributed by atoms with Crippen LogP contribution in [-0.2, 0) is 4.74 Å². The summed E-state index contributed by atoms with van der Waals surface area (Å²) in [6, 6.07) is 6.77. The summed E-state index contributed by atoms with van der Waals surface area (Å²) in [5.74, 6) is 1.79. The molecule has 0 fully saturated rings. The average molecular weight is 519 g/mol. The van der Waals surface area contributed by atoms with Crippen molar-refractivity contribution in [3.8, 4) is 11.3 Å². The molecule has 33 heavy (non-hydrogen) atoms. The third-order valence-electron chi connectivity index (χ3n) is 5.13. The molecule has 0 saturated heterocycles. The SMILES string of the molecule is CCCN(C(=O)OC(C)(C)C)[C@@H](C)C1=NCC(c2ncc(-c3cccc(C(=O)CBr)c3)o2)N1. The number of nitrogens with one attached hydrogen (secondary N) is 1. The molecule has 1 aliphatic rings. The van der Waals surface area contributed by atoms with E-state index in [-0.39, 0.29) is 29.3 Å². The third-order valence-corrected chi connectivity index (χ3v) is 5.64. The Morgan fingerprint density at radius 1 is 1.36 bits per heavy atom. The number of aromatic nitrogens is 1. The first kappa shape index (κ1) is 25.0. The molecule has 3 rings (SSSR count). The Balaban J connectivity index is 1.70. The molecule has 1 amide bonds. The fraction of sp³-hybridized carbons (Fsp3) is 0.500. The van der Waals surface area contributed by atoms with E-state index in [1.165, 1.54) is 0 Å². The Hall–Kier alpha value is -2.68. The van der Waals surface area contributed by atoms with Crippen molar-refractivity contribution < 1.29 is 18.7 Å². The number of hydrogen-bond acceptors (Lipinski definition) is 7. The molecule has 1 aliphatic heterocycles. The molecule has 0 bridgehead atoms. The topological polar surface area (TPSA) is 97.0 Å². The van der Waals surface area contributed by atoms with Crippen LogP contribution >= 0.6 is 15.9 Å². The molecular weight excluding hydrogens is 488 g/mol. The lowest BCUT2D eigenvalue weighted by molar-refractivity contribution is 0.0222. The molecule has 9 heteroatoms. The van der Waals surface area contributed by atoms with Crippen molar-refractivity contribution >= 4 is 33.6 Å². The minimum atomic E-state index is -0.568. The van der Waals surface area contributed by atoms with E-state index in [4.69, 9.17) is 9.15 Å². The van der Waals surface area contributed by atoms with Gasteiger partial charge in [0.25, 0.3) is 0 Å². The molecule has 178 valence electrons. The summed E-state index contributed by atoms with van der Waals surface area (Å²) in [6.45, 7) is 10.5. The number of alkyl halides is 1. The lowest BCUT2D eigenvalue weighted by Crippen LogP contribution is -2.49. The number of ether oxygens (including phenoxy) is 1. The first-order valence-corrected chi connectivity index (χ1v) is 12.2. The maximum Gasteiger partial charge on any atom is 0.410 e. The zero-order chi connectivity index (χ0) is 24.2.